The average molecular weight is 291 g/mol. The largest absolute Gasteiger partial charge is 0.270 e. The minimum atomic E-state index is 0.412. The normalized spacial score (nSPS) is 12.8. The minimum Gasteiger partial charge on any atom is -0.270 e. The van der Waals surface area contributed by atoms with Gasteiger partial charge in [-0.1, -0.05) is 29.8 Å². The second-order valence-electron chi connectivity index (χ2n) is 5.80. The maximum atomic E-state index is 6.13. The van der Waals surface area contributed by atoms with Gasteiger partial charge in [0.1, 0.15) is 0 Å². The van der Waals surface area contributed by atoms with Gasteiger partial charge in [-0.15, -0.1) is 11.6 Å². The maximum Gasteiger partial charge on any atom is 0.0628 e. The van der Waals surface area contributed by atoms with Crippen LogP contribution in [0.15, 0.2) is 36.5 Å². The van der Waals surface area contributed by atoms with Crippen LogP contribution in [0.4, 0.5) is 0 Å². The second-order valence-corrected chi connectivity index (χ2v) is 6.10. The van der Waals surface area contributed by atoms with Crippen LogP contribution >= 0.6 is 11.6 Å². The summed E-state index contributed by atoms with van der Waals surface area (Å²) >= 11 is 6.13. The molecular formula is C17H23ClN2. The van der Waals surface area contributed by atoms with Crippen molar-refractivity contribution in [2.24, 2.45) is 5.92 Å². The summed E-state index contributed by atoms with van der Waals surface area (Å²) in [5.74, 6) is 1.11. The molecule has 0 saturated carbocycles. The molecule has 0 aliphatic rings. The van der Waals surface area contributed by atoms with Crippen molar-refractivity contribution in [3.63, 3.8) is 0 Å². The van der Waals surface area contributed by atoms with E-state index in [0.29, 0.717) is 17.8 Å². The lowest BCUT2D eigenvalue weighted by molar-refractivity contribution is 0.511. The smallest absolute Gasteiger partial charge is 0.0628 e. The highest BCUT2D eigenvalue weighted by Crippen LogP contribution is 2.16. The van der Waals surface area contributed by atoms with E-state index in [4.69, 9.17) is 11.6 Å². The lowest BCUT2D eigenvalue weighted by atomic mass is 9.96. The summed E-state index contributed by atoms with van der Waals surface area (Å²) in [6, 6.07) is 11.2. The zero-order valence-electron chi connectivity index (χ0n) is 12.5. The fourth-order valence-corrected chi connectivity index (χ4v) is 2.53. The van der Waals surface area contributed by atoms with Crippen LogP contribution in [-0.2, 0) is 12.8 Å². The number of benzene rings is 1. The van der Waals surface area contributed by atoms with Crippen molar-refractivity contribution in [2.45, 2.75) is 39.7 Å². The van der Waals surface area contributed by atoms with E-state index in [9.17, 15) is 0 Å². The third kappa shape index (κ3) is 4.11. The average Bonchev–Trinajstić information content (AvgIpc) is 2.89. The van der Waals surface area contributed by atoms with Gasteiger partial charge in [-0.05, 0) is 51.2 Å². The Kier molecular flexibility index (Phi) is 5.24. The number of hydrogen-bond acceptors (Lipinski definition) is 1. The summed E-state index contributed by atoms with van der Waals surface area (Å²) in [4.78, 5) is 0. The van der Waals surface area contributed by atoms with Crippen LogP contribution in [0.3, 0.4) is 0 Å². The molecule has 0 aliphatic heterocycles. The van der Waals surface area contributed by atoms with Crippen molar-refractivity contribution in [2.75, 3.05) is 5.88 Å². The summed E-state index contributed by atoms with van der Waals surface area (Å²) in [5.41, 5.74) is 3.79. The highest BCUT2D eigenvalue weighted by molar-refractivity contribution is 6.18. The number of rotatable bonds is 6. The topological polar surface area (TPSA) is 17.8 Å². The Balaban J connectivity index is 1.99. The van der Waals surface area contributed by atoms with Crippen LogP contribution < -0.4 is 0 Å². The van der Waals surface area contributed by atoms with Crippen LogP contribution in [-0.4, -0.2) is 15.7 Å². The highest BCUT2D eigenvalue weighted by atomic mass is 35.5. The minimum absolute atomic E-state index is 0.412. The number of alkyl halides is 1. The van der Waals surface area contributed by atoms with Gasteiger partial charge in [-0.3, -0.25) is 4.68 Å². The lowest BCUT2D eigenvalue weighted by Gasteiger charge is -2.13. The van der Waals surface area contributed by atoms with Crippen molar-refractivity contribution >= 4 is 11.6 Å². The van der Waals surface area contributed by atoms with Crippen molar-refractivity contribution < 1.29 is 0 Å². The van der Waals surface area contributed by atoms with Crippen LogP contribution in [0.5, 0.6) is 0 Å². The molecule has 2 rings (SSSR count). The molecule has 1 aromatic heterocycles. The molecule has 0 saturated heterocycles. The molecule has 108 valence electrons. The van der Waals surface area contributed by atoms with Gasteiger partial charge in [0.05, 0.1) is 5.69 Å². The SMILES string of the molecule is Cc1ccc(CC(CCl)Cc2ccn(C(C)C)n2)cc1. The first-order valence-electron chi connectivity index (χ1n) is 7.24. The molecule has 20 heavy (non-hydrogen) atoms. The van der Waals surface area contributed by atoms with E-state index in [-0.39, 0.29) is 0 Å². The first-order chi connectivity index (χ1) is 9.58. The molecule has 2 aromatic rings. The maximum absolute atomic E-state index is 6.13. The van der Waals surface area contributed by atoms with E-state index in [2.05, 4.69) is 62.4 Å². The zero-order chi connectivity index (χ0) is 14.5. The van der Waals surface area contributed by atoms with Gasteiger partial charge < -0.3 is 0 Å². The van der Waals surface area contributed by atoms with Crippen molar-refractivity contribution in [1.29, 1.82) is 0 Å². The van der Waals surface area contributed by atoms with Gasteiger partial charge in [0.15, 0.2) is 0 Å². The Morgan fingerprint density at radius 2 is 1.80 bits per heavy atom. The Bertz CT molecular complexity index is 528. The van der Waals surface area contributed by atoms with Crippen molar-refractivity contribution in [3.8, 4) is 0 Å². The Morgan fingerprint density at radius 1 is 1.10 bits per heavy atom. The van der Waals surface area contributed by atoms with E-state index >= 15 is 0 Å². The summed E-state index contributed by atoms with van der Waals surface area (Å²) < 4.78 is 2.01. The zero-order valence-corrected chi connectivity index (χ0v) is 13.3. The molecule has 0 radical (unpaired) electrons. The third-order valence-electron chi connectivity index (χ3n) is 3.55. The van der Waals surface area contributed by atoms with Gasteiger partial charge in [-0.25, -0.2) is 0 Å². The first-order valence-corrected chi connectivity index (χ1v) is 7.77. The van der Waals surface area contributed by atoms with Gasteiger partial charge in [0.25, 0.3) is 0 Å². The van der Waals surface area contributed by atoms with Crippen molar-refractivity contribution in [1.82, 2.24) is 9.78 Å². The fourth-order valence-electron chi connectivity index (χ4n) is 2.31. The number of halogens is 1. The van der Waals surface area contributed by atoms with E-state index in [0.717, 1.165) is 18.5 Å². The Hall–Kier alpha value is -1.28. The molecule has 2 nitrogen and oxygen atoms in total. The van der Waals surface area contributed by atoms with Gasteiger partial charge in [0.2, 0.25) is 0 Å². The summed E-state index contributed by atoms with van der Waals surface area (Å²) in [7, 11) is 0. The predicted molar refractivity (Wildman–Crippen MR) is 85.4 cm³/mol. The van der Waals surface area contributed by atoms with Crippen molar-refractivity contribution in [3.05, 3.63) is 53.3 Å². The van der Waals surface area contributed by atoms with E-state index < -0.39 is 0 Å². The number of aryl methyl sites for hydroxylation is 1. The molecule has 1 unspecified atom stereocenters. The van der Waals surface area contributed by atoms with Crippen LogP contribution in [0, 0.1) is 12.8 Å². The van der Waals surface area contributed by atoms with Gasteiger partial charge in [-0.2, -0.15) is 5.10 Å². The molecule has 0 amide bonds. The highest BCUT2D eigenvalue weighted by Gasteiger charge is 2.12. The molecular weight excluding hydrogens is 268 g/mol. The third-order valence-corrected chi connectivity index (χ3v) is 3.99. The number of nitrogens with zero attached hydrogens (tertiary/aromatic N) is 2. The van der Waals surface area contributed by atoms with Gasteiger partial charge in [0, 0.05) is 18.1 Å². The molecule has 1 atom stereocenters. The van der Waals surface area contributed by atoms with Crippen LogP contribution in [0.1, 0.15) is 36.7 Å². The lowest BCUT2D eigenvalue weighted by Crippen LogP contribution is -2.11. The Morgan fingerprint density at radius 3 is 2.35 bits per heavy atom. The molecule has 0 bridgehead atoms. The molecule has 1 heterocycles. The Labute approximate surface area is 126 Å². The molecule has 0 aliphatic carbocycles. The quantitative estimate of drug-likeness (QED) is 0.721. The molecule has 0 spiro atoms. The number of hydrogen-bond donors (Lipinski definition) is 0. The summed E-state index contributed by atoms with van der Waals surface area (Å²) in [5, 5.41) is 4.61. The predicted octanol–water partition coefficient (Wildman–Crippen LogP) is 4.41. The molecule has 3 heteroatoms. The number of aromatic nitrogens is 2. The summed E-state index contributed by atoms with van der Waals surface area (Å²) in [6.45, 7) is 6.39. The van der Waals surface area contributed by atoms with Crippen LogP contribution in [0.25, 0.3) is 0 Å². The molecule has 0 fully saturated rings. The fraction of sp³-hybridized carbons (Fsp3) is 0.471. The van der Waals surface area contributed by atoms with E-state index in [1.807, 2.05) is 4.68 Å². The van der Waals surface area contributed by atoms with Gasteiger partial charge >= 0.3 is 0 Å². The standard InChI is InChI=1S/C17H23ClN2/c1-13(2)20-9-8-17(19-20)11-16(12-18)10-15-6-4-14(3)5-7-15/h4-9,13,16H,10-12H2,1-3H3. The monoisotopic (exact) mass is 290 g/mol. The molecule has 1 aromatic carbocycles. The summed E-state index contributed by atoms with van der Waals surface area (Å²) in [6.07, 6.45) is 4.01. The van der Waals surface area contributed by atoms with E-state index in [1.54, 1.807) is 0 Å². The molecule has 0 N–H and O–H groups in total. The second kappa shape index (κ2) is 6.94. The van der Waals surface area contributed by atoms with Crippen LogP contribution in [0.2, 0.25) is 0 Å². The first kappa shape index (κ1) is 15.1. The van der Waals surface area contributed by atoms with E-state index in [1.165, 1.54) is 11.1 Å².